The van der Waals surface area contributed by atoms with Crippen LogP contribution in [0.3, 0.4) is 0 Å². The molecule has 1 heterocycles. The van der Waals surface area contributed by atoms with Gasteiger partial charge in [0.05, 0.1) is 12.4 Å². The van der Waals surface area contributed by atoms with Crippen LogP contribution in [0.25, 0.3) is 0 Å². The maximum Gasteiger partial charge on any atom is 0.214 e. The highest BCUT2D eigenvalue weighted by Gasteiger charge is 2.40. The third-order valence-corrected chi connectivity index (χ3v) is 6.90. The van der Waals surface area contributed by atoms with Gasteiger partial charge in [-0.3, -0.25) is 4.79 Å². The zero-order valence-electron chi connectivity index (χ0n) is 12.5. The fourth-order valence-electron chi connectivity index (χ4n) is 3.44. The average Bonchev–Trinajstić information content (AvgIpc) is 3.32. The van der Waals surface area contributed by atoms with E-state index in [4.69, 9.17) is 4.74 Å². The number of rotatable bonds is 5. The van der Waals surface area contributed by atoms with Crippen LogP contribution < -0.4 is 0 Å². The summed E-state index contributed by atoms with van der Waals surface area (Å²) in [4.78, 5) is 12.1. The van der Waals surface area contributed by atoms with Crippen LogP contribution >= 0.6 is 0 Å². The van der Waals surface area contributed by atoms with Gasteiger partial charge in [0.2, 0.25) is 10.0 Å². The van der Waals surface area contributed by atoms with Crippen LogP contribution in [-0.4, -0.2) is 50.1 Å². The molecule has 120 valence electrons. The molecular weight excluding hydrogens is 290 g/mol. The van der Waals surface area contributed by atoms with Gasteiger partial charge >= 0.3 is 0 Å². The molecule has 3 rings (SSSR count). The van der Waals surface area contributed by atoms with Crippen molar-refractivity contribution in [1.82, 2.24) is 4.31 Å². The Morgan fingerprint density at radius 1 is 1.10 bits per heavy atom. The normalized spacial score (nSPS) is 29.4. The Balaban J connectivity index is 1.59. The van der Waals surface area contributed by atoms with Crippen LogP contribution in [0.1, 0.15) is 44.9 Å². The molecule has 0 spiro atoms. The summed E-state index contributed by atoms with van der Waals surface area (Å²) in [6, 6.07) is 0. The summed E-state index contributed by atoms with van der Waals surface area (Å²) in [5.41, 5.74) is 0. The number of carbonyl (C=O) groups is 1. The molecule has 1 saturated heterocycles. The molecule has 2 saturated carbocycles. The smallest absolute Gasteiger partial charge is 0.214 e. The maximum absolute atomic E-state index is 12.6. The lowest BCUT2D eigenvalue weighted by Crippen LogP contribution is -2.50. The first-order chi connectivity index (χ1) is 10.1. The molecule has 21 heavy (non-hydrogen) atoms. The van der Waals surface area contributed by atoms with Crippen LogP contribution in [0, 0.1) is 11.8 Å². The Morgan fingerprint density at radius 2 is 1.81 bits per heavy atom. The Kier molecular flexibility index (Phi) is 4.66. The van der Waals surface area contributed by atoms with Crippen molar-refractivity contribution >= 4 is 15.8 Å². The van der Waals surface area contributed by atoms with Crippen molar-refractivity contribution in [3.05, 3.63) is 0 Å². The molecule has 0 amide bonds. The minimum atomic E-state index is -3.25. The first-order valence-corrected chi connectivity index (χ1v) is 9.80. The molecule has 1 atom stereocenters. The Hall–Kier alpha value is -0.460. The summed E-state index contributed by atoms with van der Waals surface area (Å²) < 4.78 is 32.1. The van der Waals surface area contributed by atoms with E-state index in [1.54, 1.807) is 0 Å². The summed E-state index contributed by atoms with van der Waals surface area (Å²) in [6.45, 7) is 0.959. The number of nitrogens with zero attached hydrogens (tertiary/aromatic N) is 1. The molecule has 0 aromatic carbocycles. The van der Waals surface area contributed by atoms with Crippen LogP contribution in [0.15, 0.2) is 0 Å². The van der Waals surface area contributed by atoms with Gasteiger partial charge < -0.3 is 4.74 Å². The zero-order chi connectivity index (χ0) is 14.9. The molecule has 0 bridgehead atoms. The average molecular weight is 315 g/mol. The fourth-order valence-corrected chi connectivity index (χ4v) is 5.29. The second kappa shape index (κ2) is 6.34. The van der Waals surface area contributed by atoms with Gasteiger partial charge in [0.1, 0.15) is 6.10 Å². The summed E-state index contributed by atoms with van der Waals surface area (Å²) in [5, 5.41) is 0. The molecule has 0 radical (unpaired) electrons. The molecule has 1 unspecified atom stereocenters. The molecule has 0 aromatic rings. The second-order valence-corrected chi connectivity index (χ2v) is 8.69. The molecule has 0 aromatic heterocycles. The Morgan fingerprint density at radius 3 is 2.48 bits per heavy atom. The van der Waals surface area contributed by atoms with Crippen molar-refractivity contribution in [3.63, 3.8) is 0 Å². The number of hydrogen-bond donors (Lipinski definition) is 0. The first-order valence-electron chi connectivity index (χ1n) is 8.19. The van der Waals surface area contributed by atoms with Gasteiger partial charge in [0, 0.05) is 19.0 Å². The maximum atomic E-state index is 12.6. The standard InChI is InChI=1S/C15H25NO4S/c17-15(13-6-7-13)14-10-16(8-9-20-14)21(18,19)11-12-4-2-1-3-5-12/h12-14H,1-11H2. The molecular formula is C15H25NO4S. The summed E-state index contributed by atoms with van der Waals surface area (Å²) in [7, 11) is -3.25. The largest absolute Gasteiger partial charge is 0.368 e. The Bertz CT molecular complexity index is 480. The van der Waals surface area contributed by atoms with Crippen molar-refractivity contribution < 1.29 is 17.9 Å². The van der Waals surface area contributed by atoms with Crippen LogP contribution in [-0.2, 0) is 19.6 Å². The monoisotopic (exact) mass is 315 g/mol. The molecule has 2 aliphatic carbocycles. The van der Waals surface area contributed by atoms with Gasteiger partial charge in [0.15, 0.2) is 5.78 Å². The predicted molar refractivity (Wildman–Crippen MR) is 79.4 cm³/mol. The van der Waals surface area contributed by atoms with Crippen LogP contribution in [0.5, 0.6) is 0 Å². The third kappa shape index (κ3) is 3.85. The van der Waals surface area contributed by atoms with Crippen LogP contribution in [0.2, 0.25) is 0 Å². The zero-order valence-corrected chi connectivity index (χ0v) is 13.3. The van der Waals surface area contributed by atoms with Gasteiger partial charge in [-0.2, -0.15) is 4.31 Å². The number of Topliss-reactive ketones (excluding diaryl/α,β-unsaturated/α-hetero) is 1. The highest BCUT2D eigenvalue weighted by Crippen LogP contribution is 2.32. The number of ketones is 1. The van der Waals surface area contributed by atoms with E-state index in [0.717, 1.165) is 38.5 Å². The van der Waals surface area contributed by atoms with Gasteiger partial charge in [-0.15, -0.1) is 0 Å². The number of hydrogen-bond acceptors (Lipinski definition) is 4. The highest BCUT2D eigenvalue weighted by atomic mass is 32.2. The number of ether oxygens (including phenoxy) is 1. The molecule has 5 nitrogen and oxygen atoms in total. The highest BCUT2D eigenvalue weighted by molar-refractivity contribution is 7.89. The van der Waals surface area contributed by atoms with Crippen LogP contribution in [0.4, 0.5) is 0 Å². The van der Waals surface area contributed by atoms with Crippen molar-refractivity contribution in [2.45, 2.75) is 51.0 Å². The molecule has 1 aliphatic heterocycles. The summed E-state index contributed by atoms with van der Waals surface area (Å²) >= 11 is 0. The van der Waals surface area contributed by atoms with Crippen molar-refractivity contribution in [2.75, 3.05) is 25.4 Å². The van der Waals surface area contributed by atoms with E-state index in [9.17, 15) is 13.2 Å². The van der Waals surface area contributed by atoms with Crippen molar-refractivity contribution in [3.8, 4) is 0 Å². The van der Waals surface area contributed by atoms with Crippen molar-refractivity contribution in [2.24, 2.45) is 11.8 Å². The van der Waals surface area contributed by atoms with Gasteiger partial charge in [0.25, 0.3) is 0 Å². The summed E-state index contributed by atoms with van der Waals surface area (Å²) in [5.74, 6) is 0.768. The summed E-state index contributed by atoms with van der Waals surface area (Å²) in [6.07, 6.45) is 6.90. The number of sulfonamides is 1. The fraction of sp³-hybridized carbons (Fsp3) is 0.933. The van der Waals surface area contributed by atoms with E-state index in [2.05, 4.69) is 0 Å². The van der Waals surface area contributed by atoms with E-state index in [-0.39, 0.29) is 24.0 Å². The Labute approximate surface area is 127 Å². The predicted octanol–water partition coefficient (Wildman–Crippen LogP) is 1.58. The lowest BCUT2D eigenvalue weighted by Gasteiger charge is -2.33. The minimum Gasteiger partial charge on any atom is -0.368 e. The van der Waals surface area contributed by atoms with E-state index in [1.807, 2.05) is 0 Å². The SMILES string of the molecule is O=C(C1CC1)C1CN(S(=O)(=O)CC2CCCCC2)CCO1. The minimum absolute atomic E-state index is 0.104. The topological polar surface area (TPSA) is 63.7 Å². The lowest BCUT2D eigenvalue weighted by molar-refractivity contribution is -0.135. The van der Waals surface area contributed by atoms with E-state index in [0.29, 0.717) is 19.1 Å². The molecule has 3 fully saturated rings. The van der Waals surface area contributed by atoms with Gasteiger partial charge in [-0.25, -0.2) is 8.42 Å². The number of carbonyl (C=O) groups excluding carboxylic acids is 1. The second-order valence-electron chi connectivity index (χ2n) is 6.68. The van der Waals surface area contributed by atoms with E-state index < -0.39 is 16.1 Å². The van der Waals surface area contributed by atoms with E-state index >= 15 is 0 Å². The van der Waals surface area contributed by atoms with Gasteiger partial charge in [-0.1, -0.05) is 19.3 Å². The van der Waals surface area contributed by atoms with Gasteiger partial charge in [-0.05, 0) is 31.6 Å². The lowest BCUT2D eigenvalue weighted by atomic mass is 9.91. The molecule has 0 N–H and O–H groups in total. The number of morpholine rings is 1. The van der Waals surface area contributed by atoms with Crippen molar-refractivity contribution in [1.29, 1.82) is 0 Å². The molecule has 6 heteroatoms. The third-order valence-electron chi connectivity index (χ3n) is 4.89. The first kappa shape index (κ1) is 15.4. The quantitative estimate of drug-likeness (QED) is 0.772. The van der Waals surface area contributed by atoms with E-state index in [1.165, 1.54) is 10.7 Å². The molecule has 3 aliphatic rings.